The van der Waals surface area contributed by atoms with Gasteiger partial charge in [0.05, 0.1) is 42.7 Å². The van der Waals surface area contributed by atoms with E-state index in [0.29, 0.717) is 23.7 Å². The second kappa shape index (κ2) is 7.85. The molecule has 2 unspecified atom stereocenters. The Morgan fingerprint density at radius 3 is 2.90 bits per heavy atom. The molecule has 31 heavy (non-hydrogen) atoms. The van der Waals surface area contributed by atoms with Gasteiger partial charge in [0.1, 0.15) is 11.8 Å². The molecule has 2 aliphatic rings. The Bertz CT molecular complexity index is 1190. The molecular formula is C23H22N6O2. The predicted octanol–water partition coefficient (Wildman–Crippen LogP) is 2.95. The number of fused-ring (bicyclic) bond motifs is 1. The largest absolute Gasteiger partial charge is 0.481 e. The van der Waals surface area contributed by atoms with Crippen molar-refractivity contribution < 1.29 is 9.47 Å². The highest BCUT2D eigenvalue weighted by Crippen LogP contribution is 2.39. The number of hydrogen-bond donors (Lipinski definition) is 0. The monoisotopic (exact) mass is 414 g/mol. The van der Waals surface area contributed by atoms with Crippen molar-refractivity contribution in [3.8, 4) is 17.7 Å². The fraction of sp³-hybridized carbons (Fsp3) is 0.304. The highest BCUT2D eigenvalue weighted by atomic mass is 16.5. The number of dihydropyridines is 1. The normalized spacial score (nSPS) is 23.2. The molecule has 0 spiro atoms. The van der Waals surface area contributed by atoms with E-state index in [1.54, 1.807) is 30.1 Å². The van der Waals surface area contributed by atoms with E-state index in [1.165, 1.54) is 0 Å². The summed E-state index contributed by atoms with van der Waals surface area (Å²) >= 11 is 0. The summed E-state index contributed by atoms with van der Waals surface area (Å²) in [5.74, 6) is 1.26. The van der Waals surface area contributed by atoms with Gasteiger partial charge in [-0.1, -0.05) is 12.1 Å². The van der Waals surface area contributed by atoms with Crippen LogP contribution in [0.4, 0.5) is 0 Å². The molecule has 0 bridgehead atoms. The first-order valence-corrected chi connectivity index (χ1v) is 10.2. The maximum Gasteiger partial charge on any atom is 0.213 e. The molecule has 2 atom stereocenters. The fourth-order valence-electron chi connectivity index (χ4n) is 4.40. The minimum atomic E-state index is -0.456. The minimum absolute atomic E-state index is 0.115. The number of likely N-dealkylation sites (tertiary alicyclic amines) is 1. The maximum atomic E-state index is 9.30. The van der Waals surface area contributed by atoms with Gasteiger partial charge in [-0.15, -0.1) is 0 Å². The second-order valence-electron chi connectivity index (χ2n) is 7.64. The smallest absolute Gasteiger partial charge is 0.213 e. The van der Waals surface area contributed by atoms with E-state index >= 15 is 0 Å². The molecule has 2 aliphatic heterocycles. The highest BCUT2D eigenvalue weighted by Gasteiger charge is 2.44. The lowest BCUT2D eigenvalue weighted by molar-refractivity contribution is -0.00220. The van der Waals surface area contributed by atoms with Crippen LogP contribution in [-0.2, 0) is 5.54 Å². The fourth-order valence-corrected chi connectivity index (χ4v) is 4.40. The number of aromatic nitrogens is 3. The summed E-state index contributed by atoms with van der Waals surface area (Å²) < 4.78 is 13.3. The van der Waals surface area contributed by atoms with Crippen LogP contribution in [0, 0.1) is 11.3 Å². The molecule has 0 amide bonds. The molecule has 0 aromatic carbocycles. The first-order valence-electron chi connectivity index (χ1n) is 10.2. The van der Waals surface area contributed by atoms with Crippen molar-refractivity contribution in [3.05, 3.63) is 66.1 Å². The van der Waals surface area contributed by atoms with Gasteiger partial charge in [-0.3, -0.25) is 9.89 Å². The Kier molecular flexibility index (Phi) is 4.88. The molecule has 1 saturated heterocycles. The molecular weight excluding hydrogens is 392 g/mol. The Hall–Kier alpha value is -3.70. The number of pyridine rings is 2. The van der Waals surface area contributed by atoms with Crippen LogP contribution in [0.2, 0.25) is 0 Å². The zero-order chi connectivity index (χ0) is 21.3. The van der Waals surface area contributed by atoms with E-state index in [4.69, 9.17) is 9.47 Å². The van der Waals surface area contributed by atoms with Gasteiger partial charge in [0.25, 0.3) is 0 Å². The summed E-state index contributed by atoms with van der Waals surface area (Å²) in [6.45, 7) is 1.47. The van der Waals surface area contributed by atoms with E-state index in [-0.39, 0.29) is 6.23 Å². The molecule has 5 rings (SSSR count). The Labute approximate surface area is 180 Å². The summed E-state index contributed by atoms with van der Waals surface area (Å²) in [6, 6.07) is 9.88. The molecule has 3 aromatic rings. The van der Waals surface area contributed by atoms with Crippen molar-refractivity contribution in [3.63, 3.8) is 0 Å². The minimum Gasteiger partial charge on any atom is -0.481 e. The van der Waals surface area contributed by atoms with Crippen LogP contribution in [0.25, 0.3) is 5.52 Å². The van der Waals surface area contributed by atoms with Crippen molar-refractivity contribution in [2.24, 2.45) is 4.99 Å². The average Bonchev–Trinajstić information content (AvgIpc) is 3.46. The lowest BCUT2D eigenvalue weighted by atomic mass is 9.87. The van der Waals surface area contributed by atoms with Crippen molar-refractivity contribution >= 4 is 11.7 Å². The van der Waals surface area contributed by atoms with Crippen molar-refractivity contribution in [1.82, 2.24) is 19.5 Å². The highest BCUT2D eigenvalue weighted by molar-refractivity contribution is 5.73. The first kappa shape index (κ1) is 19.3. The standard InChI is InChI=1S/C23H22N6O2/c1-30-21-8-6-19(14-26-21)31-22-4-2-11-28(22)23(9-3-10-25-16-23)18-5-7-20-17(12-24)13-27-29(20)15-18/h3,5-10,13-15,22H,2,4,11,16H2,1H3. The topological polar surface area (TPSA) is 88.0 Å². The summed E-state index contributed by atoms with van der Waals surface area (Å²) in [6.07, 6.45) is 13.1. The van der Waals surface area contributed by atoms with Crippen molar-refractivity contribution in [2.75, 3.05) is 20.2 Å². The van der Waals surface area contributed by atoms with Crippen LogP contribution in [0.1, 0.15) is 24.0 Å². The zero-order valence-corrected chi connectivity index (χ0v) is 17.2. The molecule has 8 nitrogen and oxygen atoms in total. The van der Waals surface area contributed by atoms with Crippen LogP contribution in [0.15, 0.2) is 60.0 Å². The van der Waals surface area contributed by atoms with Gasteiger partial charge in [0, 0.05) is 25.0 Å². The molecule has 8 heteroatoms. The Morgan fingerprint density at radius 1 is 1.23 bits per heavy atom. The molecule has 0 saturated carbocycles. The molecule has 3 aromatic heterocycles. The van der Waals surface area contributed by atoms with E-state index in [9.17, 15) is 5.26 Å². The number of nitriles is 1. The van der Waals surface area contributed by atoms with Crippen LogP contribution in [0.3, 0.4) is 0 Å². The van der Waals surface area contributed by atoms with E-state index in [2.05, 4.69) is 38.2 Å². The predicted molar refractivity (Wildman–Crippen MR) is 115 cm³/mol. The van der Waals surface area contributed by atoms with Gasteiger partial charge in [-0.25, -0.2) is 9.50 Å². The number of ether oxygens (including phenoxy) is 2. The summed E-state index contributed by atoms with van der Waals surface area (Å²) in [7, 11) is 1.59. The quantitative estimate of drug-likeness (QED) is 0.638. The molecule has 0 radical (unpaired) electrons. The first-order chi connectivity index (χ1) is 15.2. The third-order valence-corrected chi connectivity index (χ3v) is 5.93. The average molecular weight is 414 g/mol. The number of nitrogens with zero attached hydrogens (tertiary/aromatic N) is 6. The molecule has 0 N–H and O–H groups in total. The van der Waals surface area contributed by atoms with Crippen LogP contribution in [0.5, 0.6) is 11.6 Å². The summed E-state index contributed by atoms with van der Waals surface area (Å²) in [5, 5.41) is 13.7. The molecule has 1 fully saturated rings. The SMILES string of the molecule is COc1ccc(OC2CCCN2C2(c3ccc4c(C#N)cnn4c3)C=CC=NC2)cn1. The van der Waals surface area contributed by atoms with Gasteiger partial charge in [0.2, 0.25) is 5.88 Å². The van der Waals surface area contributed by atoms with Crippen molar-refractivity contribution in [2.45, 2.75) is 24.6 Å². The molecule has 5 heterocycles. The Morgan fingerprint density at radius 2 is 2.16 bits per heavy atom. The third kappa shape index (κ3) is 3.33. The van der Waals surface area contributed by atoms with Gasteiger partial charge < -0.3 is 9.47 Å². The van der Waals surface area contributed by atoms with Gasteiger partial charge in [-0.05, 0) is 36.6 Å². The number of hydrogen-bond acceptors (Lipinski definition) is 7. The van der Waals surface area contributed by atoms with Gasteiger partial charge in [0.15, 0.2) is 6.23 Å². The van der Waals surface area contributed by atoms with E-state index < -0.39 is 5.54 Å². The molecule has 0 aliphatic carbocycles. The third-order valence-electron chi connectivity index (χ3n) is 5.93. The van der Waals surface area contributed by atoms with Crippen molar-refractivity contribution in [1.29, 1.82) is 5.26 Å². The second-order valence-corrected chi connectivity index (χ2v) is 7.64. The summed E-state index contributed by atoms with van der Waals surface area (Å²) in [4.78, 5) is 11.2. The molecule has 156 valence electrons. The number of aliphatic imine (C=N–C) groups is 1. The number of allylic oxidation sites excluding steroid dienone is 1. The zero-order valence-electron chi connectivity index (χ0n) is 17.2. The maximum absolute atomic E-state index is 9.30. The van der Waals surface area contributed by atoms with Gasteiger partial charge in [-0.2, -0.15) is 10.4 Å². The lowest BCUT2D eigenvalue weighted by Gasteiger charge is -2.43. The van der Waals surface area contributed by atoms with Gasteiger partial charge >= 0.3 is 0 Å². The van der Waals surface area contributed by atoms with Crippen LogP contribution >= 0.6 is 0 Å². The Balaban J connectivity index is 1.51. The number of rotatable bonds is 5. The van der Waals surface area contributed by atoms with Crippen LogP contribution < -0.4 is 9.47 Å². The number of methoxy groups -OCH3 is 1. The van der Waals surface area contributed by atoms with Crippen LogP contribution in [-0.4, -0.2) is 52.1 Å². The lowest BCUT2D eigenvalue weighted by Crippen LogP contribution is -2.52. The summed E-state index contributed by atoms with van der Waals surface area (Å²) in [5.41, 5.74) is 1.96. The van der Waals surface area contributed by atoms with E-state index in [0.717, 1.165) is 30.5 Å². The van der Waals surface area contributed by atoms with E-state index in [1.807, 2.05) is 30.6 Å².